The summed E-state index contributed by atoms with van der Waals surface area (Å²) in [6.45, 7) is 0. The van der Waals surface area contributed by atoms with Gasteiger partial charge >= 0.3 is 0 Å². The molecule has 0 atom stereocenters. The van der Waals surface area contributed by atoms with Crippen LogP contribution in [0.25, 0.3) is 0 Å². The van der Waals surface area contributed by atoms with Crippen molar-refractivity contribution in [3.8, 4) is 0 Å². The van der Waals surface area contributed by atoms with Crippen LogP contribution in [0.5, 0.6) is 0 Å². The van der Waals surface area contributed by atoms with E-state index in [1.54, 1.807) is 27.5 Å². The van der Waals surface area contributed by atoms with E-state index in [4.69, 9.17) is 0 Å². The third-order valence-electron chi connectivity index (χ3n) is 0.566. The highest BCUT2D eigenvalue weighted by Crippen LogP contribution is 1.70. The van der Waals surface area contributed by atoms with Gasteiger partial charge in [-0.25, -0.2) is 5.06 Å². The normalized spacial score (nSPS) is 10.1. The second-order valence-electron chi connectivity index (χ2n) is 1.10. The molecule has 0 aromatic heterocycles. The van der Waals surface area contributed by atoms with Crippen LogP contribution in [0.4, 0.5) is 0 Å². The van der Waals surface area contributed by atoms with Crippen molar-refractivity contribution in [2.24, 2.45) is 4.99 Å². The van der Waals surface area contributed by atoms with Crippen LogP contribution in [0.15, 0.2) is 4.99 Å². The zero-order valence-corrected chi connectivity index (χ0v) is 4.88. The van der Waals surface area contributed by atoms with Gasteiger partial charge in [0.25, 0.3) is 0 Å². The molecule has 0 aliphatic carbocycles. The average Bonchev–Trinajstić information content (AvgIpc) is 1.68. The minimum atomic E-state index is 1.51. The number of hydrogen-bond donors (Lipinski definition) is 0. The van der Waals surface area contributed by atoms with E-state index >= 15 is 0 Å². The summed E-state index contributed by atoms with van der Waals surface area (Å²) < 4.78 is 0. The van der Waals surface area contributed by atoms with Gasteiger partial charge in [-0.3, -0.25) is 9.83 Å². The Morgan fingerprint density at radius 2 is 2.29 bits per heavy atom. The lowest BCUT2D eigenvalue weighted by atomic mass is 11.1. The predicted molar refractivity (Wildman–Crippen MR) is 29.2 cm³/mol. The maximum absolute atomic E-state index is 4.67. The van der Waals surface area contributed by atoms with E-state index in [0.717, 1.165) is 0 Å². The molecular formula is C4H10N2O. The highest BCUT2D eigenvalue weighted by Gasteiger charge is 1.77. The fourth-order valence-electron chi connectivity index (χ4n) is 0.210. The van der Waals surface area contributed by atoms with Crippen molar-refractivity contribution in [3.63, 3.8) is 0 Å². The van der Waals surface area contributed by atoms with Gasteiger partial charge in [-0.15, -0.1) is 0 Å². The number of rotatable bonds is 2. The molecular weight excluding hydrogens is 92.1 g/mol. The third-order valence-corrected chi connectivity index (χ3v) is 0.566. The van der Waals surface area contributed by atoms with Crippen molar-refractivity contribution in [1.82, 2.24) is 5.06 Å². The Labute approximate surface area is 43.6 Å². The maximum atomic E-state index is 4.67. The molecule has 0 aromatic carbocycles. The molecule has 0 unspecified atom stereocenters. The first kappa shape index (κ1) is 6.43. The highest BCUT2D eigenvalue weighted by atomic mass is 16.7. The van der Waals surface area contributed by atoms with Crippen molar-refractivity contribution < 1.29 is 4.84 Å². The molecule has 42 valence electrons. The Kier molecular flexibility index (Phi) is 3.32. The van der Waals surface area contributed by atoms with Gasteiger partial charge in [0.15, 0.2) is 0 Å². The van der Waals surface area contributed by atoms with E-state index in [1.165, 1.54) is 5.06 Å². The summed E-state index contributed by atoms with van der Waals surface area (Å²) in [5.74, 6) is 0. The largest absolute Gasteiger partial charge is 0.277 e. The molecule has 7 heavy (non-hydrogen) atoms. The monoisotopic (exact) mass is 102 g/mol. The lowest BCUT2D eigenvalue weighted by Crippen LogP contribution is -2.13. The molecule has 0 rings (SSSR count). The number of hydrogen-bond acceptors (Lipinski definition) is 2. The van der Waals surface area contributed by atoms with Gasteiger partial charge < -0.3 is 0 Å². The summed E-state index contributed by atoms with van der Waals surface area (Å²) in [6.07, 6.45) is 1.58. The predicted octanol–water partition coefficient (Wildman–Crippen LogP) is 0.138. The van der Waals surface area contributed by atoms with E-state index in [-0.39, 0.29) is 0 Å². The zero-order chi connectivity index (χ0) is 5.70. The minimum Gasteiger partial charge on any atom is -0.277 e. The topological polar surface area (TPSA) is 24.8 Å². The van der Waals surface area contributed by atoms with Gasteiger partial charge in [0, 0.05) is 14.1 Å². The molecule has 0 fully saturated rings. The SMILES string of the molecule is CN=CN(C)OC. The highest BCUT2D eigenvalue weighted by molar-refractivity contribution is 5.52. The maximum Gasteiger partial charge on any atom is 0.109 e. The lowest BCUT2D eigenvalue weighted by molar-refractivity contribution is -0.0364. The molecule has 0 spiro atoms. The Hall–Kier alpha value is -0.570. The molecule has 0 bridgehead atoms. The second-order valence-corrected chi connectivity index (χ2v) is 1.10. The average molecular weight is 102 g/mol. The molecule has 0 aliphatic rings. The number of hydroxylamine groups is 2. The molecule has 0 saturated heterocycles. The molecule has 0 amide bonds. The minimum absolute atomic E-state index is 1.51. The first-order valence-corrected chi connectivity index (χ1v) is 2.00. The third kappa shape index (κ3) is 3.26. The van der Waals surface area contributed by atoms with Gasteiger partial charge in [-0.05, 0) is 0 Å². The Morgan fingerprint density at radius 1 is 1.71 bits per heavy atom. The standard InChI is InChI=1S/C4H10N2O/c1-5-4-6(2)7-3/h4H,1-3H3. The van der Waals surface area contributed by atoms with Gasteiger partial charge in [0.05, 0.1) is 7.11 Å². The van der Waals surface area contributed by atoms with Crippen LogP contribution >= 0.6 is 0 Å². The smallest absolute Gasteiger partial charge is 0.109 e. The van der Waals surface area contributed by atoms with Gasteiger partial charge in [-0.2, -0.15) is 0 Å². The summed E-state index contributed by atoms with van der Waals surface area (Å²) in [5, 5.41) is 1.51. The first-order valence-electron chi connectivity index (χ1n) is 2.00. The fourth-order valence-corrected chi connectivity index (χ4v) is 0.210. The van der Waals surface area contributed by atoms with Crippen molar-refractivity contribution in [3.05, 3.63) is 0 Å². The lowest BCUT2D eigenvalue weighted by Gasteiger charge is -2.05. The van der Waals surface area contributed by atoms with Crippen molar-refractivity contribution in [2.45, 2.75) is 0 Å². The molecule has 0 aliphatic heterocycles. The molecule has 0 saturated carbocycles. The fraction of sp³-hybridized carbons (Fsp3) is 0.750. The van der Waals surface area contributed by atoms with Crippen molar-refractivity contribution >= 4 is 6.34 Å². The summed E-state index contributed by atoms with van der Waals surface area (Å²) in [7, 11) is 5.05. The van der Waals surface area contributed by atoms with Gasteiger partial charge in [-0.1, -0.05) is 0 Å². The Morgan fingerprint density at radius 3 is 2.43 bits per heavy atom. The zero-order valence-electron chi connectivity index (χ0n) is 4.88. The summed E-state index contributed by atoms with van der Waals surface area (Å²) in [4.78, 5) is 8.36. The van der Waals surface area contributed by atoms with Crippen LogP contribution in [0.1, 0.15) is 0 Å². The number of aliphatic imine (C=N–C) groups is 1. The van der Waals surface area contributed by atoms with Crippen LogP contribution in [-0.4, -0.2) is 32.6 Å². The van der Waals surface area contributed by atoms with E-state index in [0.29, 0.717) is 0 Å². The summed E-state index contributed by atoms with van der Waals surface area (Å²) in [6, 6.07) is 0. The molecule has 0 heterocycles. The van der Waals surface area contributed by atoms with Crippen molar-refractivity contribution in [1.29, 1.82) is 0 Å². The van der Waals surface area contributed by atoms with E-state index in [2.05, 4.69) is 9.83 Å². The van der Waals surface area contributed by atoms with E-state index in [9.17, 15) is 0 Å². The molecule has 3 heteroatoms. The van der Waals surface area contributed by atoms with Gasteiger partial charge in [0.1, 0.15) is 6.34 Å². The van der Waals surface area contributed by atoms with Crippen LogP contribution in [0.3, 0.4) is 0 Å². The molecule has 0 radical (unpaired) electrons. The van der Waals surface area contributed by atoms with Crippen molar-refractivity contribution in [2.75, 3.05) is 21.2 Å². The second kappa shape index (κ2) is 3.61. The Bertz CT molecular complexity index is 62.7. The Balaban J connectivity index is 3.16. The van der Waals surface area contributed by atoms with E-state index in [1.807, 2.05) is 0 Å². The van der Waals surface area contributed by atoms with Crippen LogP contribution in [-0.2, 0) is 4.84 Å². The van der Waals surface area contributed by atoms with Crippen LogP contribution in [0.2, 0.25) is 0 Å². The van der Waals surface area contributed by atoms with E-state index < -0.39 is 0 Å². The van der Waals surface area contributed by atoms with Crippen LogP contribution < -0.4 is 0 Å². The molecule has 0 aromatic rings. The number of nitrogens with zero attached hydrogens (tertiary/aromatic N) is 2. The summed E-state index contributed by atoms with van der Waals surface area (Å²) in [5.41, 5.74) is 0. The molecule has 3 nitrogen and oxygen atoms in total. The van der Waals surface area contributed by atoms with Crippen LogP contribution in [0, 0.1) is 0 Å². The first-order chi connectivity index (χ1) is 3.31. The quantitative estimate of drug-likeness (QED) is 0.281. The van der Waals surface area contributed by atoms with Gasteiger partial charge in [0.2, 0.25) is 0 Å². The summed E-state index contributed by atoms with van der Waals surface area (Å²) >= 11 is 0. The molecule has 0 N–H and O–H groups in total.